The molecule has 36 heavy (non-hydrogen) atoms. The number of rotatable bonds is 3. The van der Waals surface area contributed by atoms with Crippen molar-refractivity contribution in [3.63, 3.8) is 0 Å². The van der Waals surface area contributed by atoms with Gasteiger partial charge in [0, 0.05) is 11.4 Å². The highest BCUT2D eigenvalue weighted by Gasteiger charge is 2.14. The first-order valence-electron chi connectivity index (χ1n) is 11.5. The molecular formula is C29H26N6O. The topological polar surface area (TPSA) is 124 Å². The Kier molecular flexibility index (Phi) is 7.07. The van der Waals surface area contributed by atoms with Crippen molar-refractivity contribution in [3.05, 3.63) is 112 Å². The molecule has 0 aliphatic rings. The standard InChI is InChI=1S/C24H21NO.C5H5N5/c1-3-20-16-19-11-8-14-22(18-10-7-9-17(2)15-18)23(19)24(26)25(20)21-12-5-4-6-13-21;6-1-3-2-9-5(8)10-4(3)7/h4-16H,3H2,1-2H3;2H,(H4,7,8,9,10). The van der Waals surface area contributed by atoms with Crippen LogP contribution in [0, 0.1) is 18.3 Å². The molecule has 0 spiro atoms. The van der Waals surface area contributed by atoms with Gasteiger partial charge in [-0.1, -0.05) is 73.2 Å². The Balaban J connectivity index is 0.000000256. The number of para-hydroxylation sites is 1. The SMILES string of the molecule is CCc1cc2cccc(-c3cccc(C)c3)c2c(=O)n1-c1ccccc1.N#Cc1cnc(N)nc1N. The summed E-state index contributed by atoms with van der Waals surface area (Å²) in [6.07, 6.45) is 2.09. The molecule has 0 amide bonds. The molecule has 2 heterocycles. The van der Waals surface area contributed by atoms with Crippen LogP contribution in [0.2, 0.25) is 0 Å². The number of aromatic nitrogens is 3. The van der Waals surface area contributed by atoms with E-state index in [1.54, 1.807) is 0 Å². The third-order valence-corrected chi connectivity index (χ3v) is 5.79. The molecule has 2 aromatic heterocycles. The second-order valence-electron chi connectivity index (χ2n) is 8.24. The summed E-state index contributed by atoms with van der Waals surface area (Å²) in [6, 6.07) is 28.3. The van der Waals surface area contributed by atoms with E-state index >= 15 is 0 Å². The molecule has 0 bridgehead atoms. The van der Waals surface area contributed by atoms with Gasteiger partial charge in [0.05, 0.1) is 11.6 Å². The number of aryl methyl sites for hydroxylation is 2. The van der Waals surface area contributed by atoms with E-state index < -0.39 is 0 Å². The normalized spacial score (nSPS) is 10.4. The molecule has 0 fully saturated rings. The average Bonchev–Trinajstić information content (AvgIpc) is 2.89. The molecular weight excluding hydrogens is 448 g/mol. The number of pyridine rings is 1. The van der Waals surface area contributed by atoms with E-state index in [9.17, 15) is 4.79 Å². The molecule has 4 N–H and O–H groups in total. The third kappa shape index (κ3) is 4.93. The van der Waals surface area contributed by atoms with Gasteiger partial charge >= 0.3 is 0 Å². The highest BCUT2D eigenvalue weighted by atomic mass is 16.1. The number of anilines is 2. The molecule has 0 atom stereocenters. The first kappa shape index (κ1) is 24.2. The molecule has 7 nitrogen and oxygen atoms in total. The number of hydrogen-bond donors (Lipinski definition) is 2. The second-order valence-corrected chi connectivity index (χ2v) is 8.24. The summed E-state index contributed by atoms with van der Waals surface area (Å²) in [7, 11) is 0. The van der Waals surface area contributed by atoms with E-state index in [-0.39, 0.29) is 22.9 Å². The summed E-state index contributed by atoms with van der Waals surface area (Å²) < 4.78 is 1.85. The van der Waals surface area contributed by atoms with Crippen molar-refractivity contribution in [2.75, 3.05) is 11.5 Å². The second kappa shape index (κ2) is 10.5. The van der Waals surface area contributed by atoms with E-state index in [1.165, 1.54) is 11.8 Å². The number of nitrogens with two attached hydrogens (primary N) is 2. The number of nitrogens with zero attached hydrogens (tertiary/aromatic N) is 4. The predicted octanol–water partition coefficient (Wildman–Crippen LogP) is 5.04. The minimum Gasteiger partial charge on any atom is -0.382 e. The van der Waals surface area contributed by atoms with Gasteiger partial charge in [0.2, 0.25) is 5.95 Å². The number of benzene rings is 3. The van der Waals surface area contributed by atoms with Crippen molar-refractivity contribution >= 4 is 22.5 Å². The summed E-state index contributed by atoms with van der Waals surface area (Å²) in [4.78, 5) is 20.7. The molecule has 0 unspecified atom stereocenters. The van der Waals surface area contributed by atoms with Crippen LogP contribution in [0.1, 0.15) is 23.7 Å². The molecule has 0 radical (unpaired) electrons. The quantitative estimate of drug-likeness (QED) is 0.377. The lowest BCUT2D eigenvalue weighted by Crippen LogP contribution is -2.22. The van der Waals surface area contributed by atoms with Crippen LogP contribution in [0.25, 0.3) is 27.6 Å². The molecule has 3 aromatic carbocycles. The van der Waals surface area contributed by atoms with E-state index in [4.69, 9.17) is 16.7 Å². The summed E-state index contributed by atoms with van der Waals surface area (Å²) >= 11 is 0. The Bertz CT molecular complexity index is 1630. The van der Waals surface area contributed by atoms with Gasteiger partial charge in [-0.25, -0.2) is 4.98 Å². The van der Waals surface area contributed by atoms with Crippen LogP contribution < -0.4 is 17.0 Å². The zero-order valence-corrected chi connectivity index (χ0v) is 20.1. The zero-order valence-electron chi connectivity index (χ0n) is 20.1. The van der Waals surface area contributed by atoms with Crippen LogP contribution in [-0.2, 0) is 6.42 Å². The lowest BCUT2D eigenvalue weighted by molar-refractivity contribution is 0.889. The highest BCUT2D eigenvalue weighted by molar-refractivity contribution is 5.96. The minimum atomic E-state index is 0.0441. The fourth-order valence-electron chi connectivity index (χ4n) is 4.08. The molecule has 7 heteroatoms. The van der Waals surface area contributed by atoms with Gasteiger partial charge in [-0.05, 0) is 48.1 Å². The summed E-state index contributed by atoms with van der Waals surface area (Å²) in [5, 5.41) is 10.1. The van der Waals surface area contributed by atoms with Gasteiger partial charge in [0.25, 0.3) is 5.56 Å². The Hall–Kier alpha value is -4.96. The molecule has 5 rings (SSSR count). The molecule has 0 saturated heterocycles. The fourth-order valence-corrected chi connectivity index (χ4v) is 4.08. The summed E-state index contributed by atoms with van der Waals surface area (Å²) in [5.41, 5.74) is 15.9. The molecule has 0 aliphatic heterocycles. The largest absolute Gasteiger partial charge is 0.382 e. The molecule has 0 aliphatic carbocycles. The first-order chi connectivity index (χ1) is 17.4. The van der Waals surface area contributed by atoms with Crippen molar-refractivity contribution in [2.24, 2.45) is 0 Å². The summed E-state index contributed by atoms with van der Waals surface area (Å²) in [6.45, 7) is 4.16. The van der Waals surface area contributed by atoms with E-state index in [2.05, 4.69) is 48.1 Å². The molecule has 0 saturated carbocycles. The number of nitrogen functional groups attached to an aromatic ring is 2. The molecule has 178 valence electrons. The van der Waals surface area contributed by atoms with Gasteiger partial charge in [-0.15, -0.1) is 0 Å². The number of nitriles is 1. The van der Waals surface area contributed by atoms with Crippen molar-refractivity contribution in [1.82, 2.24) is 14.5 Å². The lowest BCUT2D eigenvalue weighted by Gasteiger charge is -2.15. The number of fused-ring (bicyclic) bond motifs is 1. The smallest absolute Gasteiger partial charge is 0.263 e. The van der Waals surface area contributed by atoms with Crippen LogP contribution in [0.15, 0.2) is 89.9 Å². The monoisotopic (exact) mass is 474 g/mol. The lowest BCUT2D eigenvalue weighted by atomic mass is 9.97. The maximum Gasteiger partial charge on any atom is 0.263 e. The van der Waals surface area contributed by atoms with Gasteiger partial charge in [0.1, 0.15) is 17.5 Å². The van der Waals surface area contributed by atoms with Crippen molar-refractivity contribution in [1.29, 1.82) is 5.26 Å². The Morgan fingerprint density at radius 2 is 1.72 bits per heavy atom. The Labute approximate surface area is 209 Å². The van der Waals surface area contributed by atoms with Crippen molar-refractivity contribution in [2.45, 2.75) is 20.3 Å². The number of hydrogen-bond acceptors (Lipinski definition) is 6. The van der Waals surface area contributed by atoms with E-state index in [1.807, 2.05) is 65.2 Å². The maximum absolute atomic E-state index is 13.6. The zero-order chi connectivity index (χ0) is 25.7. The maximum atomic E-state index is 13.6. The van der Waals surface area contributed by atoms with Crippen LogP contribution >= 0.6 is 0 Å². The molecule has 5 aromatic rings. The van der Waals surface area contributed by atoms with E-state index in [0.717, 1.165) is 39.7 Å². The van der Waals surface area contributed by atoms with Gasteiger partial charge in [0.15, 0.2) is 0 Å². The first-order valence-corrected chi connectivity index (χ1v) is 11.5. The van der Waals surface area contributed by atoms with Crippen molar-refractivity contribution in [3.8, 4) is 22.9 Å². The van der Waals surface area contributed by atoms with Crippen LogP contribution in [0.4, 0.5) is 11.8 Å². The summed E-state index contributed by atoms with van der Waals surface area (Å²) in [5.74, 6) is 0.200. The van der Waals surface area contributed by atoms with Gasteiger partial charge in [-0.2, -0.15) is 10.2 Å². The average molecular weight is 475 g/mol. The van der Waals surface area contributed by atoms with Crippen molar-refractivity contribution < 1.29 is 0 Å². The minimum absolute atomic E-state index is 0.0441. The predicted molar refractivity (Wildman–Crippen MR) is 145 cm³/mol. The van der Waals surface area contributed by atoms with Gasteiger partial charge < -0.3 is 11.5 Å². The third-order valence-electron chi connectivity index (χ3n) is 5.79. The van der Waals surface area contributed by atoms with Crippen LogP contribution in [0.5, 0.6) is 0 Å². The fraction of sp³-hybridized carbons (Fsp3) is 0.103. The highest BCUT2D eigenvalue weighted by Crippen LogP contribution is 2.28. The van der Waals surface area contributed by atoms with E-state index in [0.29, 0.717) is 0 Å². The van der Waals surface area contributed by atoms with Gasteiger partial charge in [-0.3, -0.25) is 9.36 Å². The Morgan fingerprint density at radius 3 is 2.39 bits per heavy atom. The van der Waals surface area contributed by atoms with Crippen LogP contribution in [-0.4, -0.2) is 14.5 Å². The van der Waals surface area contributed by atoms with Crippen LogP contribution in [0.3, 0.4) is 0 Å². The Morgan fingerprint density at radius 1 is 0.972 bits per heavy atom.